The Kier molecular flexibility index (Phi) is 4.74. The number of nitrogens with two attached hydrogens (primary N) is 1. The minimum absolute atomic E-state index is 0.374. The summed E-state index contributed by atoms with van der Waals surface area (Å²) in [6, 6.07) is 18.8. The van der Waals surface area contributed by atoms with Gasteiger partial charge in [-0.1, -0.05) is 54.6 Å². The van der Waals surface area contributed by atoms with E-state index in [4.69, 9.17) is 15.2 Å². The number of carbonyl (C=O) groups is 2. The zero-order valence-corrected chi connectivity index (χ0v) is 15.6. The summed E-state index contributed by atoms with van der Waals surface area (Å²) in [4.78, 5) is 25.3. The van der Waals surface area contributed by atoms with Crippen LogP contribution in [-0.2, 0) is 16.0 Å². The van der Waals surface area contributed by atoms with Crippen molar-refractivity contribution in [3.8, 4) is 5.75 Å². The molecule has 2 N–H and O–H groups in total. The van der Waals surface area contributed by atoms with E-state index in [1.165, 1.54) is 0 Å². The lowest BCUT2D eigenvalue weighted by molar-refractivity contribution is -0.121. The fraction of sp³-hybridized carbons (Fsp3) is 0.217. The zero-order chi connectivity index (χ0) is 19.7. The first-order valence-electron chi connectivity index (χ1n) is 9.32. The fourth-order valence-corrected chi connectivity index (χ4v) is 3.94. The van der Waals surface area contributed by atoms with E-state index in [1.807, 2.05) is 61.5 Å². The van der Waals surface area contributed by atoms with Gasteiger partial charge in [0.15, 0.2) is 0 Å². The number of primary amides is 1. The molecular weight excluding hydrogens is 354 g/mol. The number of hydrogen-bond acceptors (Lipinski definition) is 4. The predicted octanol–water partition coefficient (Wildman–Crippen LogP) is 3.59. The van der Waals surface area contributed by atoms with Crippen LogP contribution in [0.25, 0.3) is 10.8 Å². The van der Waals surface area contributed by atoms with Crippen LogP contribution in [0.3, 0.4) is 0 Å². The highest BCUT2D eigenvalue weighted by molar-refractivity contribution is 6.07. The van der Waals surface area contributed by atoms with Crippen LogP contribution in [0, 0.1) is 0 Å². The number of carbonyl (C=O) groups excluding carboxylic acids is 2. The van der Waals surface area contributed by atoms with E-state index in [1.54, 1.807) is 6.07 Å². The molecule has 0 radical (unpaired) electrons. The van der Waals surface area contributed by atoms with Crippen molar-refractivity contribution in [3.05, 3.63) is 77.4 Å². The third kappa shape index (κ3) is 3.09. The standard InChI is InChI=1S/C23H21NO4/c1-2-27-18-12-11-14-7-3-5-9-16(14)21(18)23(26)28-19-13-15-8-4-6-10-17(15)20(19)22(24)25/h3-12,19-20H,2,13H2,1H3,(H2,24,25). The molecule has 3 aromatic rings. The van der Waals surface area contributed by atoms with Crippen molar-refractivity contribution >= 4 is 22.6 Å². The van der Waals surface area contributed by atoms with E-state index >= 15 is 0 Å². The average Bonchev–Trinajstić information content (AvgIpc) is 3.05. The normalized spacial score (nSPS) is 17.9. The Bertz CT molecular complexity index is 1060. The SMILES string of the molecule is CCOc1ccc2ccccc2c1C(=O)OC1Cc2ccccc2C1C(N)=O. The molecule has 5 heteroatoms. The van der Waals surface area contributed by atoms with Crippen molar-refractivity contribution in [1.29, 1.82) is 0 Å². The van der Waals surface area contributed by atoms with E-state index in [9.17, 15) is 9.59 Å². The Morgan fingerprint density at radius 3 is 2.57 bits per heavy atom. The molecular formula is C23H21NO4. The minimum atomic E-state index is -0.648. The molecule has 0 heterocycles. The second-order valence-corrected chi connectivity index (χ2v) is 6.82. The van der Waals surface area contributed by atoms with Gasteiger partial charge in [0, 0.05) is 6.42 Å². The molecule has 1 aliphatic carbocycles. The Labute approximate surface area is 163 Å². The monoisotopic (exact) mass is 375 g/mol. The maximum atomic E-state index is 13.2. The van der Waals surface area contributed by atoms with Gasteiger partial charge < -0.3 is 15.2 Å². The van der Waals surface area contributed by atoms with Crippen molar-refractivity contribution in [2.24, 2.45) is 5.73 Å². The number of hydrogen-bond donors (Lipinski definition) is 1. The molecule has 2 unspecified atom stereocenters. The summed E-state index contributed by atoms with van der Waals surface area (Å²) in [6.07, 6.45) is -0.166. The largest absolute Gasteiger partial charge is 0.493 e. The van der Waals surface area contributed by atoms with Gasteiger partial charge in [-0.15, -0.1) is 0 Å². The lowest BCUT2D eigenvalue weighted by atomic mass is 9.99. The molecule has 0 bridgehead atoms. The first-order valence-corrected chi connectivity index (χ1v) is 9.32. The van der Waals surface area contributed by atoms with Gasteiger partial charge >= 0.3 is 5.97 Å². The second kappa shape index (κ2) is 7.35. The van der Waals surface area contributed by atoms with Crippen LogP contribution in [0.4, 0.5) is 0 Å². The molecule has 0 spiro atoms. The van der Waals surface area contributed by atoms with Crippen molar-refractivity contribution < 1.29 is 19.1 Å². The van der Waals surface area contributed by atoms with E-state index < -0.39 is 23.9 Å². The molecule has 0 aliphatic heterocycles. The summed E-state index contributed by atoms with van der Waals surface area (Å²) in [6.45, 7) is 2.29. The first-order chi connectivity index (χ1) is 13.6. The molecule has 1 amide bonds. The number of ether oxygens (including phenoxy) is 2. The molecule has 0 saturated heterocycles. The smallest absolute Gasteiger partial charge is 0.342 e. The molecule has 0 saturated carbocycles. The highest BCUT2D eigenvalue weighted by Gasteiger charge is 2.39. The molecule has 2 atom stereocenters. The van der Waals surface area contributed by atoms with Crippen LogP contribution in [0.1, 0.15) is 34.3 Å². The first kappa shape index (κ1) is 18.0. The van der Waals surface area contributed by atoms with Crippen LogP contribution in [-0.4, -0.2) is 24.6 Å². The molecule has 0 fully saturated rings. The second-order valence-electron chi connectivity index (χ2n) is 6.82. The quantitative estimate of drug-likeness (QED) is 0.691. The van der Waals surface area contributed by atoms with Crippen molar-refractivity contribution in [2.45, 2.75) is 25.4 Å². The summed E-state index contributed by atoms with van der Waals surface area (Å²) < 4.78 is 11.5. The third-order valence-electron chi connectivity index (χ3n) is 5.14. The van der Waals surface area contributed by atoms with Crippen LogP contribution in [0.2, 0.25) is 0 Å². The van der Waals surface area contributed by atoms with Crippen LogP contribution in [0.15, 0.2) is 60.7 Å². The Morgan fingerprint density at radius 1 is 1.04 bits per heavy atom. The summed E-state index contributed by atoms with van der Waals surface area (Å²) >= 11 is 0. The maximum Gasteiger partial charge on any atom is 0.342 e. The number of rotatable bonds is 5. The van der Waals surface area contributed by atoms with Crippen molar-refractivity contribution in [3.63, 3.8) is 0 Å². The molecule has 5 nitrogen and oxygen atoms in total. The minimum Gasteiger partial charge on any atom is -0.493 e. The van der Waals surface area contributed by atoms with Gasteiger partial charge in [0.1, 0.15) is 23.3 Å². The predicted molar refractivity (Wildman–Crippen MR) is 106 cm³/mol. The highest BCUT2D eigenvalue weighted by Crippen LogP contribution is 2.37. The lowest BCUT2D eigenvalue weighted by Gasteiger charge is -2.20. The van der Waals surface area contributed by atoms with Crippen molar-refractivity contribution in [1.82, 2.24) is 0 Å². The number of benzene rings is 3. The molecule has 3 aromatic carbocycles. The third-order valence-corrected chi connectivity index (χ3v) is 5.14. The lowest BCUT2D eigenvalue weighted by Crippen LogP contribution is -2.32. The molecule has 0 aromatic heterocycles. The summed E-state index contributed by atoms with van der Waals surface area (Å²) in [7, 11) is 0. The van der Waals surface area contributed by atoms with Crippen LogP contribution in [0.5, 0.6) is 5.75 Å². The van der Waals surface area contributed by atoms with Gasteiger partial charge in [-0.2, -0.15) is 0 Å². The summed E-state index contributed by atoms with van der Waals surface area (Å²) in [5.41, 5.74) is 7.81. The summed E-state index contributed by atoms with van der Waals surface area (Å²) in [5.74, 6) is -1.18. The Hall–Kier alpha value is -3.34. The van der Waals surface area contributed by atoms with Gasteiger partial charge in [-0.05, 0) is 34.9 Å². The number of amides is 1. The Balaban J connectivity index is 1.71. The Morgan fingerprint density at radius 2 is 1.79 bits per heavy atom. The van der Waals surface area contributed by atoms with Crippen molar-refractivity contribution in [2.75, 3.05) is 6.61 Å². The molecule has 142 valence electrons. The maximum absolute atomic E-state index is 13.2. The van der Waals surface area contributed by atoms with E-state index in [2.05, 4.69) is 0 Å². The molecule has 4 rings (SSSR count). The highest BCUT2D eigenvalue weighted by atomic mass is 16.5. The van der Waals surface area contributed by atoms with Crippen LogP contribution >= 0.6 is 0 Å². The van der Waals surface area contributed by atoms with Gasteiger partial charge in [0.05, 0.1) is 6.61 Å². The molecule has 1 aliphatic rings. The average molecular weight is 375 g/mol. The topological polar surface area (TPSA) is 78.6 Å². The van der Waals surface area contributed by atoms with Gasteiger partial charge in [-0.25, -0.2) is 4.79 Å². The van der Waals surface area contributed by atoms with Gasteiger partial charge in [-0.3, -0.25) is 4.79 Å². The zero-order valence-electron chi connectivity index (χ0n) is 15.6. The van der Waals surface area contributed by atoms with E-state index in [0.29, 0.717) is 24.3 Å². The van der Waals surface area contributed by atoms with E-state index in [-0.39, 0.29) is 0 Å². The number of esters is 1. The van der Waals surface area contributed by atoms with Crippen LogP contribution < -0.4 is 10.5 Å². The summed E-state index contributed by atoms with van der Waals surface area (Å²) in [5, 5.41) is 1.67. The fourth-order valence-electron chi connectivity index (χ4n) is 3.94. The van der Waals surface area contributed by atoms with Gasteiger partial charge in [0.2, 0.25) is 5.91 Å². The molecule has 28 heavy (non-hydrogen) atoms. The van der Waals surface area contributed by atoms with Gasteiger partial charge in [0.25, 0.3) is 0 Å². The van der Waals surface area contributed by atoms with E-state index in [0.717, 1.165) is 21.9 Å². The number of fused-ring (bicyclic) bond motifs is 2.